The fourth-order valence-electron chi connectivity index (χ4n) is 1.48. The Hall–Kier alpha value is -1.71. The largest absolute Gasteiger partial charge is 0.309 e. The summed E-state index contributed by atoms with van der Waals surface area (Å²) in [4.78, 5) is 23.2. The van der Waals surface area contributed by atoms with Crippen molar-refractivity contribution in [1.82, 2.24) is 15.0 Å². The van der Waals surface area contributed by atoms with Gasteiger partial charge in [0.25, 0.3) is 5.56 Å². The Labute approximate surface area is 93.8 Å². The molecule has 2 aromatic rings. The van der Waals surface area contributed by atoms with E-state index >= 15 is 0 Å². The minimum atomic E-state index is -0.181. The molecule has 0 aromatic carbocycles. The number of aromatic amines is 1. The summed E-state index contributed by atoms with van der Waals surface area (Å²) in [5, 5.41) is 0.549. The Bertz CT molecular complexity index is 593. The average Bonchev–Trinajstić information content (AvgIpc) is 2.17. The minimum absolute atomic E-state index is 0.119. The molecule has 0 radical (unpaired) electrons. The molecule has 0 amide bonds. The fourth-order valence-corrected chi connectivity index (χ4v) is 1.48. The van der Waals surface area contributed by atoms with Crippen LogP contribution in [-0.4, -0.2) is 15.0 Å². The molecule has 0 aliphatic carbocycles. The normalized spacial score (nSPS) is 12.0. The molecule has 0 aliphatic heterocycles. The van der Waals surface area contributed by atoms with E-state index in [-0.39, 0.29) is 11.0 Å². The van der Waals surface area contributed by atoms with E-state index in [9.17, 15) is 4.79 Å². The maximum absolute atomic E-state index is 11.9. The summed E-state index contributed by atoms with van der Waals surface area (Å²) in [7, 11) is 0. The number of hydrogen-bond acceptors (Lipinski definition) is 3. The topological polar surface area (TPSA) is 58.6 Å². The molecular weight excluding hydrogens is 202 g/mol. The Morgan fingerprint density at radius 2 is 2.00 bits per heavy atom. The third kappa shape index (κ3) is 1.83. The number of H-pyrrole nitrogens is 1. The van der Waals surface area contributed by atoms with Crippen LogP contribution in [-0.2, 0) is 5.41 Å². The number of pyridine rings is 1. The first-order chi connectivity index (χ1) is 7.38. The SMILES string of the molecule is Cc1cnc2nc(C(C)(C)C)[nH]c(=O)c2c1. The average molecular weight is 217 g/mol. The highest BCUT2D eigenvalue weighted by molar-refractivity contribution is 5.73. The lowest BCUT2D eigenvalue weighted by atomic mass is 9.96. The van der Waals surface area contributed by atoms with Gasteiger partial charge in [-0.2, -0.15) is 0 Å². The maximum Gasteiger partial charge on any atom is 0.260 e. The van der Waals surface area contributed by atoms with Gasteiger partial charge in [-0.25, -0.2) is 9.97 Å². The standard InChI is InChI=1S/C12H15N3O/c1-7-5-8-9(13-6-7)14-11(12(2,3)4)15-10(8)16/h5-6H,1-4H3,(H,13,14,15,16). The molecule has 2 aromatic heterocycles. The van der Waals surface area contributed by atoms with Crippen LogP contribution in [0.2, 0.25) is 0 Å². The van der Waals surface area contributed by atoms with E-state index in [0.29, 0.717) is 16.9 Å². The Balaban J connectivity index is 2.79. The molecule has 0 spiro atoms. The number of fused-ring (bicyclic) bond motifs is 1. The van der Waals surface area contributed by atoms with Gasteiger partial charge in [-0.1, -0.05) is 20.8 Å². The van der Waals surface area contributed by atoms with Crippen molar-refractivity contribution < 1.29 is 0 Å². The summed E-state index contributed by atoms with van der Waals surface area (Å²) in [6.45, 7) is 7.92. The molecule has 84 valence electrons. The van der Waals surface area contributed by atoms with Gasteiger partial charge in [0.2, 0.25) is 0 Å². The first-order valence-electron chi connectivity index (χ1n) is 5.25. The zero-order valence-electron chi connectivity index (χ0n) is 9.96. The molecule has 0 aliphatic rings. The smallest absolute Gasteiger partial charge is 0.260 e. The van der Waals surface area contributed by atoms with Crippen molar-refractivity contribution in [3.05, 3.63) is 34.0 Å². The second-order valence-electron chi connectivity index (χ2n) is 5.05. The van der Waals surface area contributed by atoms with E-state index in [2.05, 4.69) is 15.0 Å². The Morgan fingerprint density at radius 3 is 2.62 bits per heavy atom. The summed E-state index contributed by atoms with van der Waals surface area (Å²) in [6.07, 6.45) is 1.72. The molecule has 1 N–H and O–H groups in total. The summed E-state index contributed by atoms with van der Waals surface area (Å²) >= 11 is 0. The number of aryl methyl sites for hydroxylation is 1. The third-order valence-electron chi connectivity index (χ3n) is 2.41. The van der Waals surface area contributed by atoms with Gasteiger partial charge in [-0.15, -0.1) is 0 Å². The maximum atomic E-state index is 11.9. The first kappa shape index (κ1) is 10.8. The number of nitrogens with one attached hydrogen (secondary N) is 1. The Morgan fingerprint density at radius 1 is 1.31 bits per heavy atom. The van der Waals surface area contributed by atoms with Crippen molar-refractivity contribution in [2.75, 3.05) is 0 Å². The number of hydrogen-bond donors (Lipinski definition) is 1. The lowest BCUT2D eigenvalue weighted by molar-refractivity contribution is 0.545. The zero-order chi connectivity index (χ0) is 11.9. The zero-order valence-corrected chi connectivity index (χ0v) is 9.96. The summed E-state index contributed by atoms with van der Waals surface area (Å²) < 4.78 is 0. The lowest BCUT2D eigenvalue weighted by Gasteiger charge is -2.16. The molecule has 2 heterocycles. The summed E-state index contributed by atoms with van der Waals surface area (Å²) in [5.74, 6) is 0.668. The molecule has 0 saturated heterocycles. The highest BCUT2D eigenvalue weighted by Crippen LogP contribution is 2.18. The van der Waals surface area contributed by atoms with Crippen molar-refractivity contribution in [2.24, 2.45) is 0 Å². The molecule has 0 saturated carbocycles. The summed E-state index contributed by atoms with van der Waals surface area (Å²) in [5.41, 5.74) is 1.17. The van der Waals surface area contributed by atoms with Gasteiger partial charge in [-0.3, -0.25) is 4.79 Å². The number of nitrogens with zero attached hydrogens (tertiary/aromatic N) is 2. The van der Waals surface area contributed by atoms with Crippen molar-refractivity contribution in [2.45, 2.75) is 33.1 Å². The molecule has 16 heavy (non-hydrogen) atoms. The van der Waals surface area contributed by atoms with Crippen LogP contribution in [0.5, 0.6) is 0 Å². The van der Waals surface area contributed by atoms with Crippen LogP contribution in [0.4, 0.5) is 0 Å². The van der Waals surface area contributed by atoms with E-state index in [1.54, 1.807) is 12.3 Å². The van der Waals surface area contributed by atoms with Gasteiger partial charge in [0.15, 0.2) is 5.65 Å². The van der Waals surface area contributed by atoms with Gasteiger partial charge in [-0.05, 0) is 18.6 Å². The quantitative estimate of drug-likeness (QED) is 0.733. The highest BCUT2D eigenvalue weighted by atomic mass is 16.1. The molecule has 4 nitrogen and oxygen atoms in total. The summed E-state index contributed by atoms with van der Waals surface area (Å²) in [6, 6.07) is 1.81. The molecule has 2 rings (SSSR count). The van der Waals surface area contributed by atoms with Crippen LogP contribution in [0.3, 0.4) is 0 Å². The van der Waals surface area contributed by atoms with Crippen molar-refractivity contribution >= 4 is 11.0 Å². The van der Waals surface area contributed by atoms with E-state index in [1.165, 1.54) is 0 Å². The van der Waals surface area contributed by atoms with Crippen LogP contribution < -0.4 is 5.56 Å². The van der Waals surface area contributed by atoms with Crippen LogP contribution in [0.25, 0.3) is 11.0 Å². The van der Waals surface area contributed by atoms with Crippen molar-refractivity contribution in [3.63, 3.8) is 0 Å². The van der Waals surface area contributed by atoms with Gasteiger partial charge < -0.3 is 4.98 Å². The molecule has 0 unspecified atom stereocenters. The molecule has 0 atom stereocenters. The Kier molecular flexibility index (Phi) is 2.30. The lowest BCUT2D eigenvalue weighted by Crippen LogP contribution is -2.22. The van der Waals surface area contributed by atoms with Crippen LogP contribution in [0.1, 0.15) is 32.2 Å². The van der Waals surface area contributed by atoms with Gasteiger partial charge in [0.05, 0.1) is 5.39 Å². The van der Waals surface area contributed by atoms with Gasteiger partial charge >= 0.3 is 0 Å². The van der Waals surface area contributed by atoms with Gasteiger partial charge in [0.1, 0.15) is 5.82 Å². The predicted molar refractivity (Wildman–Crippen MR) is 63.6 cm³/mol. The van der Waals surface area contributed by atoms with Crippen molar-refractivity contribution in [1.29, 1.82) is 0 Å². The second kappa shape index (κ2) is 3.40. The van der Waals surface area contributed by atoms with E-state index in [1.807, 2.05) is 27.7 Å². The van der Waals surface area contributed by atoms with Crippen LogP contribution >= 0.6 is 0 Å². The molecule has 4 heteroatoms. The predicted octanol–water partition coefficient (Wildman–Crippen LogP) is 1.92. The second-order valence-corrected chi connectivity index (χ2v) is 5.05. The molecule has 0 fully saturated rings. The van der Waals surface area contributed by atoms with E-state index < -0.39 is 0 Å². The van der Waals surface area contributed by atoms with E-state index in [4.69, 9.17) is 0 Å². The van der Waals surface area contributed by atoms with Crippen molar-refractivity contribution in [3.8, 4) is 0 Å². The molecule has 0 bridgehead atoms. The third-order valence-corrected chi connectivity index (χ3v) is 2.41. The first-order valence-corrected chi connectivity index (χ1v) is 5.25. The van der Waals surface area contributed by atoms with Crippen LogP contribution in [0, 0.1) is 6.92 Å². The van der Waals surface area contributed by atoms with Gasteiger partial charge in [0, 0.05) is 11.6 Å². The highest BCUT2D eigenvalue weighted by Gasteiger charge is 2.18. The fraction of sp³-hybridized carbons (Fsp3) is 0.417. The monoisotopic (exact) mass is 217 g/mol. The minimum Gasteiger partial charge on any atom is -0.309 e. The number of aromatic nitrogens is 3. The van der Waals surface area contributed by atoms with E-state index in [0.717, 1.165) is 5.56 Å². The number of rotatable bonds is 0. The van der Waals surface area contributed by atoms with Crippen LogP contribution in [0.15, 0.2) is 17.1 Å². The molecular formula is C12H15N3O.